The summed E-state index contributed by atoms with van der Waals surface area (Å²) in [6.07, 6.45) is 2.76. The molecule has 1 aromatic carbocycles. The molecule has 0 radical (unpaired) electrons. The topological polar surface area (TPSA) is 18.5 Å². The molecule has 4 fully saturated rings. The van der Waals surface area contributed by atoms with Crippen LogP contribution >= 0.6 is 0 Å². The highest BCUT2D eigenvalue weighted by Gasteiger charge is 2.68. The average Bonchev–Trinajstić information content (AvgIpc) is 2.84. The van der Waals surface area contributed by atoms with Crippen molar-refractivity contribution in [1.82, 2.24) is 0 Å². The fourth-order valence-corrected chi connectivity index (χ4v) is 5.03. The van der Waals surface area contributed by atoms with Gasteiger partial charge >= 0.3 is 7.12 Å². The smallest absolute Gasteiger partial charge is 0.405 e. The van der Waals surface area contributed by atoms with E-state index in [0.717, 1.165) is 12.3 Å². The van der Waals surface area contributed by atoms with Crippen LogP contribution in [0.4, 0.5) is 0 Å². The van der Waals surface area contributed by atoms with Crippen molar-refractivity contribution in [3.8, 4) is 0 Å². The molecule has 4 aliphatic rings. The molecule has 3 heteroatoms. The molecule has 0 amide bonds. The minimum Gasteiger partial charge on any atom is -0.405 e. The average molecular weight is 284 g/mol. The van der Waals surface area contributed by atoms with Gasteiger partial charge in [0.05, 0.1) is 11.7 Å². The molecule has 2 bridgehead atoms. The standard InChI is InChI=1S/C18H25BO2/c1-12(13-8-6-5-7-9-13)19-20-16-11-14-10-15(17(14,2)3)18(16,4)21-19/h5-9,12,14-16H,10-11H2,1-4H3/t12-,14-,15-,16+,18-/m0/s1. The molecule has 21 heavy (non-hydrogen) atoms. The lowest BCUT2D eigenvalue weighted by atomic mass is 9.43. The van der Waals surface area contributed by atoms with E-state index < -0.39 is 0 Å². The fraction of sp³-hybridized carbons (Fsp3) is 0.667. The van der Waals surface area contributed by atoms with Gasteiger partial charge in [-0.05, 0) is 42.6 Å². The molecule has 5 rings (SSSR count). The molecule has 1 saturated heterocycles. The van der Waals surface area contributed by atoms with Crippen LogP contribution in [0.25, 0.3) is 0 Å². The number of rotatable bonds is 2. The summed E-state index contributed by atoms with van der Waals surface area (Å²) in [5.74, 6) is 1.74. The third-order valence-corrected chi connectivity index (χ3v) is 6.70. The van der Waals surface area contributed by atoms with Crippen molar-refractivity contribution >= 4 is 7.12 Å². The van der Waals surface area contributed by atoms with Gasteiger partial charge in [-0.3, -0.25) is 0 Å². The maximum absolute atomic E-state index is 6.53. The Morgan fingerprint density at radius 2 is 1.86 bits per heavy atom. The van der Waals surface area contributed by atoms with Crippen LogP contribution in [0, 0.1) is 17.3 Å². The second-order valence-electron chi connectivity index (χ2n) is 8.04. The van der Waals surface area contributed by atoms with Gasteiger partial charge < -0.3 is 9.31 Å². The van der Waals surface area contributed by atoms with Crippen molar-refractivity contribution in [3.63, 3.8) is 0 Å². The highest BCUT2D eigenvalue weighted by molar-refractivity contribution is 6.47. The Morgan fingerprint density at radius 3 is 2.52 bits per heavy atom. The van der Waals surface area contributed by atoms with E-state index in [2.05, 4.69) is 58.0 Å². The van der Waals surface area contributed by atoms with Gasteiger partial charge in [-0.2, -0.15) is 0 Å². The lowest BCUT2D eigenvalue weighted by molar-refractivity contribution is -0.199. The van der Waals surface area contributed by atoms with Crippen LogP contribution in [-0.4, -0.2) is 18.8 Å². The van der Waals surface area contributed by atoms with Crippen LogP contribution in [0.2, 0.25) is 0 Å². The first-order chi connectivity index (χ1) is 9.93. The van der Waals surface area contributed by atoms with E-state index in [1.807, 2.05) is 0 Å². The third kappa shape index (κ3) is 1.80. The fourth-order valence-electron chi connectivity index (χ4n) is 5.03. The van der Waals surface area contributed by atoms with Crippen LogP contribution in [0.5, 0.6) is 0 Å². The molecule has 0 spiro atoms. The van der Waals surface area contributed by atoms with Crippen LogP contribution < -0.4 is 0 Å². The molecule has 3 aliphatic carbocycles. The molecule has 2 nitrogen and oxygen atoms in total. The maximum atomic E-state index is 6.53. The van der Waals surface area contributed by atoms with Gasteiger partial charge in [0.15, 0.2) is 0 Å². The van der Waals surface area contributed by atoms with E-state index in [0.29, 0.717) is 11.3 Å². The first-order valence-electron chi connectivity index (χ1n) is 8.31. The molecule has 5 atom stereocenters. The Kier molecular flexibility index (Phi) is 2.87. The SMILES string of the molecule is C[C@H](B1O[C@@H]2C[C@@H]3C[C@@H](C3(C)C)[C@]2(C)O1)c1ccccc1. The van der Waals surface area contributed by atoms with E-state index in [4.69, 9.17) is 9.31 Å². The van der Waals surface area contributed by atoms with Gasteiger partial charge in [-0.25, -0.2) is 0 Å². The Labute approximate surface area is 128 Å². The van der Waals surface area contributed by atoms with Gasteiger partial charge in [0.1, 0.15) is 0 Å². The molecular weight excluding hydrogens is 259 g/mol. The highest BCUT2D eigenvalue weighted by Crippen LogP contribution is 2.66. The van der Waals surface area contributed by atoms with Crippen molar-refractivity contribution in [2.45, 2.75) is 58.1 Å². The quantitative estimate of drug-likeness (QED) is 0.762. The van der Waals surface area contributed by atoms with Crippen LogP contribution in [0.1, 0.15) is 51.9 Å². The van der Waals surface area contributed by atoms with E-state index in [1.165, 1.54) is 12.0 Å². The van der Waals surface area contributed by atoms with Gasteiger partial charge in [0.2, 0.25) is 0 Å². The Hall–Kier alpha value is -0.795. The highest BCUT2D eigenvalue weighted by atomic mass is 16.7. The number of hydrogen-bond donors (Lipinski definition) is 0. The first kappa shape index (κ1) is 13.8. The molecule has 0 unspecified atom stereocenters. The summed E-state index contributed by atoms with van der Waals surface area (Å²) in [7, 11) is -0.0995. The third-order valence-electron chi connectivity index (χ3n) is 6.70. The monoisotopic (exact) mass is 284 g/mol. The van der Waals surface area contributed by atoms with Gasteiger partial charge in [-0.15, -0.1) is 0 Å². The minimum absolute atomic E-state index is 0.0913. The van der Waals surface area contributed by atoms with Crippen LogP contribution in [-0.2, 0) is 9.31 Å². The Morgan fingerprint density at radius 1 is 1.14 bits per heavy atom. The molecular formula is C18H25BO2. The first-order valence-corrected chi connectivity index (χ1v) is 8.31. The zero-order valence-corrected chi connectivity index (χ0v) is 13.5. The largest absolute Gasteiger partial charge is 0.465 e. The Balaban J connectivity index is 1.57. The molecule has 1 heterocycles. The predicted octanol–water partition coefficient (Wildman–Crippen LogP) is 4.06. The second-order valence-corrected chi connectivity index (χ2v) is 8.04. The summed E-state index contributed by atoms with van der Waals surface area (Å²) < 4.78 is 12.9. The zero-order valence-electron chi connectivity index (χ0n) is 13.5. The lowest BCUT2D eigenvalue weighted by Gasteiger charge is -2.64. The van der Waals surface area contributed by atoms with E-state index in [1.54, 1.807) is 0 Å². The normalized spacial score (nSPS) is 41.3. The predicted molar refractivity (Wildman–Crippen MR) is 85.0 cm³/mol. The summed E-state index contributed by atoms with van der Waals surface area (Å²) in [6.45, 7) is 9.32. The van der Waals surface area contributed by atoms with Gasteiger partial charge in [-0.1, -0.05) is 51.1 Å². The molecule has 0 N–H and O–H groups in total. The molecule has 1 aromatic rings. The van der Waals surface area contributed by atoms with Crippen molar-refractivity contribution in [2.75, 3.05) is 0 Å². The van der Waals surface area contributed by atoms with Crippen LogP contribution in [0.15, 0.2) is 30.3 Å². The van der Waals surface area contributed by atoms with Crippen molar-refractivity contribution in [2.24, 2.45) is 17.3 Å². The summed E-state index contributed by atoms with van der Waals surface area (Å²) in [5.41, 5.74) is 1.63. The van der Waals surface area contributed by atoms with Crippen molar-refractivity contribution in [1.29, 1.82) is 0 Å². The van der Waals surface area contributed by atoms with Crippen molar-refractivity contribution < 1.29 is 9.31 Å². The van der Waals surface area contributed by atoms with Gasteiger partial charge in [0, 0.05) is 5.82 Å². The van der Waals surface area contributed by atoms with Gasteiger partial charge in [0.25, 0.3) is 0 Å². The zero-order chi connectivity index (χ0) is 14.8. The summed E-state index contributed by atoms with van der Waals surface area (Å²) in [5, 5.41) is 0. The maximum Gasteiger partial charge on any atom is 0.465 e. The van der Waals surface area contributed by atoms with Crippen molar-refractivity contribution in [3.05, 3.63) is 35.9 Å². The summed E-state index contributed by atoms with van der Waals surface area (Å²) in [4.78, 5) is 0. The molecule has 0 aromatic heterocycles. The Bertz CT molecular complexity index is 543. The number of hydrogen-bond acceptors (Lipinski definition) is 2. The van der Waals surface area contributed by atoms with E-state index in [9.17, 15) is 0 Å². The summed E-state index contributed by atoms with van der Waals surface area (Å²) in [6, 6.07) is 10.6. The van der Waals surface area contributed by atoms with E-state index >= 15 is 0 Å². The molecule has 1 aliphatic heterocycles. The second kappa shape index (κ2) is 4.36. The van der Waals surface area contributed by atoms with Crippen LogP contribution in [0.3, 0.4) is 0 Å². The minimum atomic E-state index is -0.0995. The number of benzene rings is 1. The molecule has 3 saturated carbocycles. The molecule has 112 valence electrons. The lowest BCUT2D eigenvalue weighted by Crippen LogP contribution is -2.65. The van der Waals surface area contributed by atoms with E-state index in [-0.39, 0.29) is 24.6 Å². The summed E-state index contributed by atoms with van der Waals surface area (Å²) >= 11 is 0.